The molecule has 4 nitrogen and oxygen atoms in total. The molecule has 1 rings (SSSR count). The van der Waals surface area contributed by atoms with Gasteiger partial charge in [-0.3, -0.25) is 4.90 Å². The number of hydrogen-bond acceptors (Lipinski definition) is 4. The molecule has 0 aliphatic heterocycles. The largest absolute Gasteiger partial charge is 0.308 e. The van der Waals surface area contributed by atoms with Gasteiger partial charge in [0, 0.05) is 24.5 Å². The van der Waals surface area contributed by atoms with Crippen molar-refractivity contribution >= 4 is 0 Å². The van der Waals surface area contributed by atoms with Gasteiger partial charge in [0.15, 0.2) is 0 Å². The number of aryl methyl sites for hydroxylation is 2. The zero-order valence-corrected chi connectivity index (χ0v) is 13.5. The molecule has 0 bridgehead atoms. The van der Waals surface area contributed by atoms with Gasteiger partial charge in [0.1, 0.15) is 5.82 Å². The highest BCUT2D eigenvalue weighted by atomic mass is 15.2. The van der Waals surface area contributed by atoms with E-state index >= 15 is 0 Å². The Hall–Kier alpha value is -1.00. The molecule has 0 aliphatic carbocycles. The van der Waals surface area contributed by atoms with Gasteiger partial charge < -0.3 is 4.90 Å². The van der Waals surface area contributed by atoms with Crippen molar-refractivity contribution in [1.29, 1.82) is 0 Å². The molecule has 0 N–H and O–H groups in total. The number of rotatable bonds is 6. The van der Waals surface area contributed by atoms with Gasteiger partial charge in [0.05, 0.1) is 6.54 Å². The van der Waals surface area contributed by atoms with E-state index in [2.05, 4.69) is 68.6 Å². The van der Waals surface area contributed by atoms with Crippen molar-refractivity contribution in [2.75, 3.05) is 34.2 Å². The van der Waals surface area contributed by atoms with Gasteiger partial charge in [-0.05, 0) is 46.5 Å². The van der Waals surface area contributed by atoms with Crippen LogP contribution in [0.2, 0.25) is 0 Å². The summed E-state index contributed by atoms with van der Waals surface area (Å²) < 4.78 is 0. The van der Waals surface area contributed by atoms with Crippen LogP contribution in [0.15, 0.2) is 0 Å². The summed E-state index contributed by atoms with van der Waals surface area (Å²) in [5, 5.41) is 0. The van der Waals surface area contributed by atoms with Gasteiger partial charge in [-0.2, -0.15) is 0 Å². The van der Waals surface area contributed by atoms with Crippen LogP contribution in [0.4, 0.5) is 0 Å². The maximum Gasteiger partial charge on any atom is 0.142 e. The van der Waals surface area contributed by atoms with Gasteiger partial charge in [0.2, 0.25) is 0 Å². The molecule has 1 heterocycles. The van der Waals surface area contributed by atoms with E-state index in [-0.39, 0.29) is 0 Å². The lowest BCUT2D eigenvalue weighted by molar-refractivity contribution is 0.271. The van der Waals surface area contributed by atoms with Crippen LogP contribution in [0.3, 0.4) is 0 Å². The number of hydrogen-bond donors (Lipinski definition) is 0. The van der Waals surface area contributed by atoms with Crippen LogP contribution in [0.1, 0.15) is 42.5 Å². The van der Waals surface area contributed by atoms with Crippen LogP contribution >= 0.6 is 0 Å². The van der Waals surface area contributed by atoms with E-state index in [0.717, 1.165) is 36.8 Å². The highest BCUT2D eigenvalue weighted by molar-refractivity contribution is 5.27. The summed E-state index contributed by atoms with van der Waals surface area (Å²) in [4.78, 5) is 13.8. The lowest BCUT2D eigenvalue weighted by Gasteiger charge is -2.20. The molecule has 0 aliphatic rings. The molecule has 0 aromatic carbocycles. The topological polar surface area (TPSA) is 32.3 Å². The van der Waals surface area contributed by atoms with Crippen molar-refractivity contribution in [2.24, 2.45) is 0 Å². The Bertz CT molecular complexity index is 390. The average Bonchev–Trinajstić information content (AvgIpc) is 2.24. The van der Waals surface area contributed by atoms with Crippen molar-refractivity contribution in [1.82, 2.24) is 19.8 Å². The van der Waals surface area contributed by atoms with Gasteiger partial charge >= 0.3 is 0 Å². The molecule has 0 amide bonds. The monoisotopic (exact) mass is 264 g/mol. The fraction of sp³-hybridized carbons (Fsp3) is 0.733. The molecular formula is C15H28N4. The molecule has 0 saturated heterocycles. The SMILES string of the molecule is Cc1nc(CN(C)CCN(C)C)nc(C)c1C(C)C. The van der Waals surface area contributed by atoms with Crippen molar-refractivity contribution in [3.8, 4) is 0 Å². The quantitative estimate of drug-likeness (QED) is 0.788. The number of nitrogens with zero attached hydrogens (tertiary/aromatic N) is 4. The Morgan fingerprint density at radius 2 is 1.47 bits per heavy atom. The van der Waals surface area contributed by atoms with E-state index in [1.807, 2.05) is 0 Å². The summed E-state index contributed by atoms with van der Waals surface area (Å²) in [5.74, 6) is 1.42. The van der Waals surface area contributed by atoms with E-state index in [4.69, 9.17) is 0 Å². The smallest absolute Gasteiger partial charge is 0.142 e. The molecular weight excluding hydrogens is 236 g/mol. The Balaban J connectivity index is 2.75. The molecule has 0 atom stereocenters. The van der Waals surface area contributed by atoms with Crippen molar-refractivity contribution in [3.05, 3.63) is 22.8 Å². The zero-order chi connectivity index (χ0) is 14.6. The second-order valence-electron chi connectivity index (χ2n) is 5.92. The third kappa shape index (κ3) is 4.88. The van der Waals surface area contributed by atoms with E-state index in [1.54, 1.807) is 0 Å². The zero-order valence-electron chi connectivity index (χ0n) is 13.5. The van der Waals surface area contributed by atoms with Crippen LogP contribution in [0.5, 0.6) is 0 Å². The molecule has 19 heavy (non-hydrogen) atoms. The van der Waals surface area contributed by atoms with Gasteiger partial charge in [0.25, 0.3) is 0 Å². The van der Waals surface area contributed by atoms with E-state index in [9.17, 15) is 0 Å². The second-order valence-corrected chi connectivity index (χ2v) is 5.92. The average molecular weight is 264 g/mol. The van der Waals surface area contributed by atoms with Gasteiger partial charge in [-0.1, -0.05) is 13.8 Å². The Morgan fingerprint density at radius 3 is 1.89 bits per heavy atom. The molecule has 0 saturated carbocycles. The summed E-state index contributed by atoms with van der Waals surface area (Å²) in [6, 6.07) is 0. The first kappa shape index (κ1) is 16.1. The van der Waals surface area contributed by atoms with Crippen LogP contribution in [0, 0.1) is 13.8 Å². The Morgan fingerprint density at radius 1 is 0.947 bits per heavy atom. The molecule has 1 aromatic heterocycles. The third-order valence-electron chi connectivity index (χ3n) is 3.29. The minimum Gasteiger partial charge on any atom is -0.308 e. The van der Waals surface area contributed by atoms with Gasteiger partial charge in [-0.25, -0.2) is 9.97 Å². The maximum atomic E-state index is 4.66. The first-order chi connectivity index (χ1) is 8.81. The first-order valence-corrected chi connectivity index (χ1v) is 6.98. The molecule has 4 heteroatoms. The Kier molecular flexibility index (Phi) is 5.88. The van der Waals surface area contributed by atoms with Crippen molar-refractivity contribution in [2.45, 2.75) is 40.2 Å². The lowest BCUT2D eigenvalue weighted by atomic mass is 10.0. The normalized spacial score (nSPS) is 11.9. The first-order valence-electron chi connectivity index (χ1n) is 6.98. The molecule has 0 radical (unpaired) electrons. The molecule has 0 spiro atoms. The predicted molar refractivity (Wildman–Crippen MR) is 80.5 cm³/mol. The van der Waals surface area contributed by atoms with Crippen LogP contribution in [0.25, 0.3) is 0 Å². The molecule has 108 valence electrons. The van der Waals surface area contributed by atoms with E-state index in [0.29, 0.717) is 5.92 Å². The summed E-state index contributed by atoms with van der Waals surface area (Å²) >= 11 is 0. The fourth-order valence-electron chi connectivity index (χ4n) is 2.39. The highest BCUT2D eigenvalue weighted by Gasteiger charge is 2.12. The maximum absolute atomic E-state index is 4.66. The van der Waals surface area contributed by atoms with Crippen molar-refractivity contribution in [3.63, 3.8) is 0 Å². The standard InChI is InChI=1S/C15H28N4/c1-11(2)15-12(3)16-14(17-13(15)4)10-19(7)9-8-18(5)6/h11H,8-10H2,1-7H3. The highest BCUT2D eigenvalue weighted by Crippen LogP contribution is 2.20. The van der Waals surface area contributed by atoms with Crippen LogP contribution < -0.4 is 0 Å². The molecule has 1 aromatic rings. The van der Waals surface area contributed by atoms with Crippen molar-refractivity contribution < 1.29 is 0 Å². The van der Waals surface area contributed by atoms with Crippen LogP contribution in [-0.2, 0) is 6.54 Å². The summed E-state index contributed by atoms with van der Waals surface area (Å²) in [6.07, 6.45) is 0. The summed E-state index contributed by atoms with van der Waals surface area (Å²) in [7, 11) is 6.31. The van der Waals surface area contributed by atoms with Crippen LogP contribution in [-0.4, -0.2) is 54.0 Å². The number of aromatic nitrogens is 2. The molecule has 0 fully saturated rings. The lowest BCUT2D eigenvalue weighted by Crippen LogP contribution is -2.29. The molecule has 0 unspecified atom stereocenters. The second kappa shape index (κ2) is 6.96. The fourth-order valence-corrected chi connectivity index (χ4v) is 2.39. The number of likely N-dealkylation sites (N-methyl/N-ethyl adjacent to an activating group) is 2. The predicted octanol–water partition coefficient (Wildman–Crippen LogP) is 2.21. The minimum atomic E-state index is 0.487. The van der Waals surface area contributed by atoms with Gasteiger partial charge in [-0.15, -0.1) is 0 Å². The Labute approximate surface area is 117 Å². The summed E-state index contributed by atoms with van der Waals surface area (Å²) in [5.41, 5.74) is 3.54. The van der Waals surface area contributed by atoms with E-state index in [1.165, 1.54) is 5.56 Å². The van der Waals surface area contributed by atoms with E-state index < -0.39 is 0 Å². The third-order valence-corrected chi connectivity index (χ3v) is 3.29. The minimum absolute atomic E-state index is 0.487. The summed E-state index contributed by atoms with van der Waals surface area (Å²) in [6.45, 7) is 11.5.